The van der Waals surface area contributed by atoms with Crippen LogP contribution in [0.1, 0.15) is 45.4 Å². The molecule has 0 bridgehead atoms. The van der Waals surface area contributed by atoms with E-state index in [1.165, 1.54) is 19.3 Å². The lowest BCUT2D eigenvalue weighted by atomic mass is 10.0. The van der Waals surface area contributed by atoms with Crippen LogP contribution in [0.15, 0.2) is 0 Å². The molecule has 5 N–H and O–H groups in total. The van der Waals surface area contributed by atoms with E-state index in [9.17, 15) is 4.79 Å². The van der Waals surface area contributed by atoms with Gasteiger partial charge in [0.2, 0.25) is 0 Å². The first-order valence-corrected chi connectivity index (χ1v) is 5.88. The van der Waals surface area contributed by atoms with Crippen LogP contribution in [0.2, 0.25) is 0 Å². The zero-order valence-corrected chi connectivity index (χ0v) is 9.96. The Morgan fingerprint density at radius 3 is 2.50 bits per heavy atom. The van der Waals surface area contributed by atoms with Gasteiger partial charge in [-0.2, -0.15) is 0 Å². The number of guanidine groups is 1. The molecule has 5 nitrogen and oxygen atoms in total. The molecule has 0 spiro atoms. The molecule has 16 heavy (non-hydrogen) atoms. The lowest BCUT2D eigenvalue weighted by Crippen LogP contribution is -2.36. The maximum Gasteiger partial charge on any atom is 0.308 e. The van der Waals surface area contributed by atoms with Crippen molar-refractivity contribution in [3.8, 4) is 0 Å². The molecule has 1 atom stereocenters. The first-order valence-electron chi connectivity index (χ1n) is 5.88. The van der Waals surface area contributed by atoms with E-state index in [0.717, 1.165) is 12.8 Å². The molecule has 0 aliphatic rings. The second-order valence-electron chi connectivity index (χ2n) is 4.03. The lowest BCUT2D eigenvalue weighted by molar-refractivity contribution is -0.141. The molecular weight excluding hydrogens is 206 g/mol. The van der Waals surface area contributed by atoms with Crippen molar-refractivity contribution < 1.29 is 9.90 Å². The molecule has 0 radical (unpaired) electrons. The Labute approximate surface area is 96.9 Å². The van der Waals surface area contributed by atoms with Crippen molar-refractivity contribution in [1.82, 2.24) is 5.32 Å². The highest BCUT2D eigenvalue weighted by Crippen LogP contribution is 2.11. The predicted molar refractivity (Wildman–Crippen MR) is 64.4 cm³/mol. The summed E-state index contributed by atoms with van der Waals surface area (Å²) in [5, 5.41) is 18.5. The van der Waals surface area contributed by atoms with E-state index < -0.39 is 11.9 Å². The van der Waals surface area contributed by atoms with E-state index in [-0.39, 0.29) is 12.5 Å². The van der Waals surface area contributed by atoms with E-state index in [1.54, 1.807) is 0 Å². The van der Waals surface area contributed by atoms with Crippen molar-refractivity contribution in [2.45, 2.75) is 45.4 Å². The number of carboxylic acid groups (broad SMARTS) is 1. The van der Waals surface area contributed by atoms with Crippen LogP contribution in [0.5, 0.6) is 0 Å². The van der Waals surface area contributed by atoms with Gasteiger partial charge < -0.3 is 16.2 Å². The van der Waals surface area contributed by atoms with Crippen LogP contribution >= 0.6 is 0 Å². The topological polar surface area (TPSA) is 99.2 Å². The van der Waals surface area contributed by atoms with E-state index >= 15 is 0 Å². The van der Waals surface area contributed by atoms with Gasteiger partial charge in [-0.25, -0.2) is 0 Å². The number of nitrogens with two attached hydrogens (primary N) is 1. The Bertz CT molecular complexity index is 219. The summed E-state index contributed by atoms with van der Waals surface area (Å²) in [6.07, 6.45) is 6.23. The summed E-state index contributed by atoms with van der Waals surface area (Å²) in [5.41, 5.74) is 5.11. The normalized spacial score (nSPS) is 12.1. The number of hydrogen-bond donors (Lipinski definition) is 4. The second-order valence-corrected chi connectivity index (χ2v) is 4.03. The maximum absolute atomic E-state index is 10.9. The number of hydrogen-bond acceptors (Lipinski definition) is 2. The standard InChI is InChI=1S/C11H23N3O2/c1-2-3-4-5-6-7-9(10(15)16)8-14-11(12)13/h9H,2-8H2,1H3,(H,15,16)(H4,12,13,14). The van der Waals surface area contributed by atoms with Crippen molar-refractivity contribution in [1.29, 1.82) is 5.41 Å². The molecule has 0 aromatic heterocycles. The fourth-order valence-electron chi connectivity index (χ4n) is 1.54. The molecule has 0 saturated heterocycles. The maximum atomic E-state index is 10.9. The van der Waals surface area contributed by atoms with Crippen LogP contribution in [-0.4, -0.2) is 23.6 Å². The van der Waals surface area contributed by atoms with Gasteiger partial charge in [-0.05, 0) is 6.42 Å². The average molecular weight is 229 g/mol. The zero-order valence-electron chi connectivity index (χ0n) is 9.96. The molecule has 0 saturated carbocycles. The Morgan fingerprint density at radius 1 is 1.38 bits per heavy atom. The SMILES string of the molecule is CCCCCCCC(CNC(=N)N)C(=O)O. The van der Waals surface area contributed by atoms with Gasteiger partial charge in [-0.3, -0.25) is 10.2 Å². The van der Waals surface area contributed by atoms with E-state index in [0.29, 0.717) is 6.42 Å². The molecule has 0 amide bonds. The number of aliphatic carboxylic acids is 1. The monoisotopic (exact) mass is 229 g/mol. The summed E-state index contributed by atoms with van der Waals surface area (Å²) >= 11 is 0. The molecule has 0 aliphatic carbocycles. The van der Waals surface area contributed by atoms with Gasteiger partial charge in [0.05, 0.1) is 5.92 Å². The highest BCUT2D eigenvalue weighted by Gasteiger charge is 2.16. The van der Waals surface area contributed by atoms with Gasteiger partial charge >= 0.3 is 5.97 Å². The molecule has 0 aromatic rings. The first-order chi connectivity index (χ1) is 7.57. The van der Waals surface area contributed by atoms with Crippen molar-refractivity contribution in [2.75, 3.05) is 6.54 Å². The molecule has 0 aliphatic heterocycles. The molecular formula is C11H23N3O2. The van der Waals surface area contributed by atoms with E-state index in [2.05, 4.69) is 12.2 Å². The molecule has 0 aromatic carbocycles. The minimum Gasteiger partial charge on any atom is -0.481 e. The average Bonchev–Trinajstić information content (AvgIpc) is 2.21. The van der Waals surface area contributed by atoms with E-state index in [4.69, 9.17) is 16.2 Å². The van der Waals surface area contributed by atoms with Gasteiger partial charge in [0.25, 0.3) is 0 Å². The summed E-state index contributed by atoms with van der Waals surface area (Å²) < 4.78 is 0. The number of rotatable bonds is 9. The molecule has 0 fully saturated rings. The van der Waals surface area contributed by atoms with Crippen molar-refractivity contribution in [3.63, 3.8) is 0 Å². The third kappa shape index (κ3) is 8.08. The molecule has 1 unspecified atom stereocenters. The largest absolute Gasteiger partial charge is 0.481 e. The summed E-state index contributed by atoms with van der Waals surface area (Å²) in [7, 11) is 0. The highest BCUT2D eigenvalue weighted by atomic mass is 16.4. The zero-order chi connectivity index (χ0) is 12.4. The molecule has 0 rings (SSSR count). The Morgan fingerprint density at radius 2 is 2.00 bits per heavy atom. The highest BCUT2D eigenvalue weighted by molar-refractivity contribution is 5.76. The smallest absolute Gasteiger partial charge is 0.308 e. The van der Waals surface area contributed by atoms with Gasteiger partial charge in [0.15, 0.2) is 5.96 Å². The third-order valence-electron chi connectivity index (χ3n) is 2.54. The summed E-state index contributed by atoms with van der Waals surface area (Å²) in [6.45, 7) is 2.40. The van der Waals surface area contributed by atoms with Gasteiger partial charge in [-0.1, -0.05) is 39.0 Å². The fourth-order valence-corrected chi connectivity index (χ4v) is 1.54. The molecule has 94 valence electrons. The van der Waals surface area contributed by atoms with Crippen molar-refractivity contribution in [3.05, 3.63) is 0 Å². The number of unbranched alkanes of at least 4 members (excludes halogenated alkanes) is 4. The molecule has 5 heteroatoms. The number of carbonyl (C=O) groups is 1. The summed E-state index contributed by atoms with van der Waals surface area (Å²) in [4.78, 5) is 10.9. The fraction of sp³-hybridized carbons (Fsp3) is 0.818. The van der Waals surface area contributed by atoms with Crippen LogP contribution in [0.25, 0.3) is 0 Å². The van der Waals surface area contributed by atoms with E-state index in [1.807, 2.05) is 0 Å². The number of carboxylic acids is 1. The minimum absolute atomic E-state index is 0.169. The van der Waals surface area contributed by atoms with Crippen LogP contribution in [0, 0.1) is 11.3 Å². The van der Waals surface area contributed by atoms with Crippen LogP contribution in [0.3, 0.4) is 0 Å². The lowest BCUT2D eigenvalue weighted by Gasteiger charge is -2.12. The third-order valence-corrected chi connectivity index (χ3v) is 2.54. The number of nitrogens with one attached hydrogen (secondary N) is 2. The Kier molecular flexibility index (Phi) is 8.29. The van der Waals surface area contributed by atoms with Crippen LogP contribution in [-0.2, 0) is 4.79 Å². The molecule has 0 heterocycles. The summed E-state index contributed by atoms with van der Waals surface area (Å²) in [6, 6.07) is 0. The van der Waals surface area contributed by atoms with Crippen LogP contribution in [0.4, 0.5) is 0 Å². The first kappa shape index (κ1) is 14.7. The quantitative estimate of drug-likeness (QED) is 0.274. The van der Waals surface area contributed by atoms with Crippen LogP contribution < -0.4 is 11.1 Å². The Hall–Kier alpha value is -1.26. The van der Waals surface area contributed by atoms with Crippen molar-refractivity contribution >= 4 is 11.9 Å². The van der Waals surface area contributed by atoms with Gasteiger partial charge in [-0.15, -0.1) is 0 Å². The Balaban J connectivity index is 3.68. The van der Waals surface area contributed by atoms with Gasteiger partial charge in [0.1, 0.15) is 0 Å². The summed E-state index contributed by atoms with van der Waals surface area (Å²) in [5.74, 6) is -1.42. The van der Waals surface area contributed by atoms with Crippen molar-refractivity contribution in [2.24, 2.45) is 11.7 Å². The predicted octanol–water partition coefficient (Wildman–Crippen LogP) is 1.53. The minimum atomic E-state index is -0.816. The van der Waals surface area contributed by atoms with Gasteiger partial charge in [0, 0.05) is 6.54 Å². The second kappa shape index (κ2) is 9.00.